The number of aliphatic carboxylic acids is 3. The minimum absolute atomic E-state index is 0.00473. The van der Waals surface area contributed by atoms with Gasteiger partial charge in [0, 0.05) is 24.2 Å². The fourth-order valence-electron chi connectivity index (χ4n) is 5.28. The summed E-state index contributed by atoms with van der Waals surface area (Å²) in [5, 5.41) is 53.5. The molecule has 3 aromatic rings. The molecule has 2 heterocycles. The van der Waals surface area contributed by atoms with E-state index in [2.05, 4.69) is 57.2 Å². The summed E-state index contributed by atoms with van der Waals surface area (Å²) in [7, 11) is 0. The highest BCUT2D eigenvalue weighted by molar-refractivity contribution is 5.97. The molecule has 63 heavy (non-hydrogen) atoms. The van der Waals surface area contributed by atoms with Crippen molar-refractivity contribution < 1.29 is 58.5 Å². The number of hydrogen-bond donors (Lipinski definition) is 15. The molecule has 2 aromatic heterocycles. The molecule has 0 aliphatic rings. The molecule has 17 N–H and O–H groups in total. The van der Waals surface area contributed by atoms with E-state index >= 15 is 0 Å². The van der Waals surface area contributed by atoms with Crippen LogP contribution in [0.25, 0.3) is 11.2 Å². The number of nitrogen functional groups attached to an aromatic ring is 1. The molecule has 3 atom stereocenters. The molecule has 0 aliphatic carbocycles. The second-order valence-corrected chi connectivity index (χ2v) is 13.2. The lowest BCUT2D eigenvalue weighted by Crippen LogP contribution is -2.53. The van der Waals surface area contributed by atoms with Crippen molar-refractivity contribution in [3.05, 3.63) is 52.1 Å². The number of aromatic amines is 1. The number of carboxylic acids is 3. The number of rotatable bonds is 25. The first-order chi connectivity index (χ1) is 29.8. The Morgan fingerprint density at radius 3 is 2.02 bits per heavy atom. The maximum atomic E-state index is 13.0. The summed E-state index contributed by atoms with van der Waals surface area (Å²) in [6.45, 7) is -2.10. The van der Waals surface area contributed by atoms with Gasteiger partial charge in [-0.15, -0.1) is 0 Å². The molecule has 0 radical (unpaired) electrons. The minimum atomic E-state index is -1.69. The first-order valence-corrected chi connectivity index (χ1v) is 18.6. The Morgan fingerprint density at radius 2 is 1.38 bits per heavy atom. The molecule has 28 nitrogen and oxygen atoms in total. The summed E-state index contributed by atoms with van der Waals surface area (Å²) in [5.74, 6) is -10.3. The van der Waals surface area contributed by atoms with Crippen LogP contribution in [0, 0.1) is 5.41 Å². The first-order valence-electron chi connectivity index (χ1n) is 18.6. The SMILES string of the molecule is N=C(N)NCCCC(NC(=O)CNC(=O)CC[C@H](NC(=O)c1ccc(NCc2cnc3nc(N)[nH]c(=O)c3n2)cc1)C(=O)O)C(=O)NCC(=O)NC(CC(=O)O)C(=O)NCC(=O)O. The predicted molar refractivity (Wildman–Crippen MR) is 216 cm³/mol. The summed E-state index contributed by atoms with van der Waals surface area (Å²) >= 11 is 0. The van der Waals surface area contributed by atoms with E-state index in [1.54, 1.807) is 0 Å². The fourth-order valence-corrected chi connectivity index (χ4v) is 5.28. The van der Waals surface area contributed by atoms with Crippen LogP contribution >= 0.6 is 0 Å². The summed E-state index contributed by atoms with van der Waals surface area (Å²) < 4.78 is 0. The van der Waals surface area contributed by atoms with Crippen LogP contribution in [0.5, 0.6) is 0 Å². The molecule has 0 fully saturated rings. The van der Waals surface area contributed by atoms with Gasteiger partial charge in [-0.05, 0) is 43.5 Å². The summed E-state index contributed by atoms with van der Waals surface area (Å²) in [6.07, 6.45) is -0.256. The van der Waals surface area contributed by atoms with E-state index in [1.807, 2.05) is 5.32 Å². The van der Waals surface area contributed by atoms with Crippen molar-refractivity contribution in [1.82, 2.24) is 57.2 Å². The molecule has 2 unspecified atom stereocenters. The van der Waals surface area contributed by atoms with Gasteiger partial charge in [0.25, 0.3) is 11.5 Å². The highest BCUT2D eigenvalue weighted by atomic mass is 16.4. The summed E-state index contributed by atoms with van der Waals surface area (Å²) in [4.78, 5) is 136. The van der Waals surface area contributed by atoms with Gasteiger partial charge in [0.2, 0.25) is 35.5 Å². The summed E-state index contributed by atoms with van der Waals surface area (Å²) in [5.41, 5.74) is 11.3. The van der Waals surface area contributed by atoms with Crippen LogP contribution in [0.3, 0.4) is 0 Å². The van der Waals surface area contributed by atoms with E-state index in [4.69, 9.17) is 27.1 Å². The van der Waals surface area contributed by atoms with Gasteiger partial charge in [0.05, 0.1) is 37.9 Å². The molecule has 6 amide bonds. The van der Waals surface area contributed by atoms with Crippen molar-refractivity contribution in [2.45, 2.75) is 56.8 Å². The van der Waals surface area contributed by atoms with Gasteiger partial charge in [0.15, 0.2) is 17.1 Å². The number of H-pyrrole nitrogens is 1. The van der Waals surface area contributed by atoms with Crippen LogP contribution < -0.4 is 59.6 Å². The van der Waals surface area contributed by atoms with Gasteiger partial charge in [-0.3, -0.25) is 53.5 Å². The van der Waals surface area contributed by atoms with Crippen LogP contribution in [0.1, 0.15) is 48.2 Å². The van der Waals surface area contributed by atoms with Gasteiger partial charge in [-0.2, -0.15) is 4.98 Å². The third kappa shape index (κ3) is 17.3. The van der Waals surface area contributed by atoms with Crippen LogP contribution in [0.15, 0.2) is 35.3 Å². The van der Waals surface area contributed by atoms with Crippen LogP contribution in [-0.2, 0) is 44.9 Å². The van der Waals surface area contributed by atoms with Gasteiger partial charge < -0.3 is 69.3 Å². The molecule has 0 saturated carbocycles. The maximum absolute atomic E-state index is 13.0. The first kappa shape index (κ1) is 48.9. The zero-order chi connectivity index (χ0) is 46.6. The maximum Gasteiger partial charge on any atom is 0.326 e. The van der Waals surface area contributed by atoms with Crippen LogP contribution in [-0.4, -0.2) is 139 Å². The second kappa shape index (κ2) is 24.0. The molecular weight excluding hydrogens is 838 g/mol. The second-order valence-electron chi connectivity index (χ2n) is 13.2. The number of nitrogens with two attached hydrogens (primary N) is 2. The van der Waals surface area contributed by atoms with Crippen molar-refractivity contribution in [3.63, 3.8) is 0 Å². The average molecular weight is 884 g/mol. The number of nitrogens with zero attached hydrogens (tertiary/aromatic N) is 3. The zero-order valence-electron chi connectivity index (χ0n) is 33.1. The number of aromatic nitrogens is 4. The topological polar surface area (TPSA) is 458 Å². The van der Waals surface area contributed by atoms with E-state index in [-0.39, 0.29) is 61.0 Å². The Kier molecular flexibility index (Phi) is 18.6. The van der Waals surface area contributed by atoms with E-state index in [0.29, 0.717) is 11.4 Å². The Labute approximate surface area is 354 Å². The van der Waals surface area contributed by atoms with E-state index in [1.165, 1.54) is 30.5 Å². The Morgan fingerprint density at radius 1 is 0.746 bits per heavy atom. The number of guanidine groups is 1. The molecule has 0 aliphatic heterocycles. The molecule has 338 valence electrons. The van der Waals surface area contributed by atoms with Gasteiger partial charge in [0.1, 0.15) is 24.7 Å². The standard InChI is InChI=1S/C35H45N15O13/c36-34(37)39-9-1-2-19(30(59)43-14-24(53)47-21(10-25(54)55)31(60)44-15-26(56)57)46-23(52)13-41-22(51)8-7-20(33(62)63)48-29(58)16-3-5-17(6-4-16)40-11-18-12-42-28-27(45-18)32(61)50-35(38)49-28/h3-6,12,19-21,40H,1-2,7-11,13-15H2,(H,41,51)(H,43,59)(H,44,60)(H,46,52)(H,47,53)(H,48,58)(H,54,55)(H,56,57)(H,62,63)(H4,36,37,39)(H3,38,42,49,50,61)/t19?,20-,21?/m0/s1. The lowest BCUT2D eigenvalue weighted by Gasteiger charge is -2.20. The lowest BCUT2D eigenvalue weighted by atomic mass is 10.1. The number of carbonyl (C=O) groups is 9. The number of anilines is 2. The third-order valence-corrected chi connectivity index (χ3v) is 8.32. The average Bonchev–Trinajstić information content (AvgIpc) is 3.22. The third-order valence-electron chi connectivity index (χ3n) is 8.32. The fraction of sp³-hybridized carbons (Fsp3) is 0.371. The van der Waals surface area contributed by atoms with E-state index in [9.17, 15) is 53.1 Å². The zero-order valence-corrected chi connectivity index (χ0v) is 33.1. The van der Waals surface area contributed by atoms with Crippen LogP contribution in [0.2, 0.25) is 0 Å². The number of benzene rings is 1. The molecule has 0 saturated heterocycles. The Bertz CT molecular complexity index is 2270. The van der Waals surface area contributed by atoms with Crippen molar-refractivity contribution in [3.8, 4) is 0 Å². The molecule has 1 aromatic carbocycles. The van der Waals surface area contributed by atoms with E-state index < -0.39 is 110 Å². The molecule has 0 spiro atoms. The number of fused-ring (bicyclic) bond motifs is 1. The summed E-state index contributed by atoms with van der Waals surface area (Å²) in [6, 6.07) is 1.38. The number of carbonyl (C=O) groups excluding carboxylic acids is 6. The lowest BCUT2D eigenvalue weighted by molar-refractivity contribution is -0.141. The van der Waals surface area contributed by atoms with Gasteiger partial charge >= 0.3 is 17.9 Å². The highest BCUT2D eigenvalue weighted by Gasteiger charge is 2.27. The molecule has 3 rings (SSSR count). The molecule has 28 heteroatoms. The van der Waals surface area contributed by atoms with Crippen molar-refractivity contribution >= 4 is 82.1 Å². The van der Waals surface area contributed by atoms with Gasteiger partial charge in [-0.1, -0.05) is 0 Å². The number of carboxylic acid groups (broad SMARTS) is 3. The smallest absolute Gasteiger partial charge is 0.326 e. The highest BCUT2D eigenvalue weighted by Crippen LogP contribution is 2.12. The van der Waals surface area contributed by atoms with E-state index in [0.717, 1.165) is 0 Å². The Hall–Kier alpha value is -8.46. The van der Waals surface area contributed by atoms with Crippen molar-refractivity contribution in [2.75, 3.05) is 37.2 Å². The van der Waals surface area contributed by atoms with Crippen molar-refractivity contribution in [1.29, 1.82) is 5.41 Å². The number of amides is 6. The number of hydrogen-bond acceptors (Lipinski definition) is 16. The van der Waals surface area contributed by atoms with Crippen LogP contribution in [0.4, 0.5) is 11.6 Å². The quantitative estimate of drug-likeness (QED) is 0.0215. The molecule has 0 bridgehead atoms. The van der Waals surface area contributed by atoms with Gasteiger partial charge in [-0.25, -0.2) is 14.8 Å². The monoisotopic (exact) mass is 883 g/mol. The predicted octanol–water partition coefficient (Wildman–Crippen LogP) is -4.99. The molecular formula is C35H45N15O13. The van der Waals surface area contributed by atoms with Crippen molar-refractivity contribution in [2.24, 2.45) is 5.73 Å². The minimum Gasteiger partial charge on any atom is -0.481 e. The Balaban J connectivity index is 1.49. The largest absolute Gasteiger partial charge is 0.481 e. The number of nitrogens with one attached hydrogen (secondary N) is 10. The normalized spacial score (nSPS) is 12.0.